The molecule has 6 aromatic rings. The Kier molecular flexibility index (Phi) is 6.27. The van der Waals surface area contributed by atoms with Gasteiger partial charge in [0.2, 0.25) is 0 Å². The highest BCUT2D eigenvalue weighted by atomic mass is 15.1. The van der Waals surface area contributed by atoms with Crippen molar-refractivity contribution in [3.8, 4) is 39.8 Å². The van der Waals surface area contributed by atoms with Gasteiger partial charge in [-0.05, 0) is 84.8 Å². The first kappa shape index (κ1) is 25.2. The van der Waals surface area contributed by atoms with Crippen LogP contribution in [-0.4, -0.2) is 13.7 Å². The van der Waals surface area contributed by atoms with Crippen LogP contribution in [0.25, 0.3) is 45.4 Å². The minimum Gasteiger partial charge on any atom is -0.311 e. The van der Waals surface area contributed by atoms with Crippen molar-refractivity contribution in [1.29, 1.82) is 0 Å². The van der Waals surface area contributed by atoms with Crippen molar-refractivity contribution in [1.82, 2.24) is 13.7 Å². The second-order valence-electron chi connectivity index (χ2n) is 11.0. The Balaban J connectivity index is 1.38. The molecule has 0 spiro atoms. The first-order chi connectivity index (χ1) is 21.4. The topological polar surface area (TPSA) is 14.8 Å². The van der Waals surface area contributed by atoms with Crippen molar-refractivity contribution >= 4 is 5.57 Å². The first-order valence-electron chi connectivity index (χ1n) is 14.9. The number of aromatic nitrogens is 3. The van der Waals surface area contributed by atoms with E-state index in [-0.39, 0.29) is 5.92 Å². The minimum atomic E-state index is 0.236. The fourth-order valence-electron chi connectivity index (χ4n) is 6.48. The van der Waals surface area contributed by atoms with Crippen LogP contribution in [0.4, 0.5) is 0 Å². The normalized spacial score (nSPS) is 14.2. The van der Waals surface area contributed by atoms with Crippen molar-refractivity contribution in [3.63, 3.8) is 0 Å². The maximum Gasteiger partial charge on any atom is 0.0704 e. The number of hydrogen-bond acceptors (Lipinski definition) is 0. The molecule has 0 atom stereocenters. The number of benzene rings is 3. The highest BCUT2D eigenvalue weighted by molar-refractivity contribution is 5.78. The molecule has 0 amide bonds. The molecule has 2 aliphatic rings. The molecule has 3 nitrogen and oxygen atoms in total. The largest absolute Gasteiger partial charge is 0.311 e. The molecular formula is C40H31N3. The van der Waals surface area contributed by atoms with E-state index in [0.717, 1.165) is 46.3 Å². The lowest BCUT2D eigenvalue weighted by atomic mass is 10.1. The van der Waals surface area contributed by atoms with Gasteiger partial charge in [0, 0.05) is 34.4 Å². The molecule has 0 unspecified atom stereocenters. The van der Waals surface area contributed by atoms with Crippen molar-refractivity contribution < 1.29 is 0 Å². The molecule has 206 valence electrons. The molecule has 0 N–H and O–H groups in total. The summed E-state index contributed by atoms with van der Waals surface area (Å²) < 4.78 is 7.24. The summed E-state index contributed by atoms with van der Waals surface area (Å²) in [6.45, 7) is 0. The van der Waals surface area contributed by atoms with Crippen molar-refractivity contribution in [2.45, 2.75) is 12.3 Å². The Bertz CT molecular complexity index is 2010. The summed E-state index contributed by atoms with van der Waals surface area (Å²) in [5, 5.41) is 0. The summed E-state index contributed by atoms with van der Waals surface area (Å²) in [6.07, 6.45) is 16.4. The van der Waals surface area contributed by atoms with E-state index in [2.05, 4.69) is 184 Å². The third kappa shape index (κ3) is 4.38. The minimum absolute atomic E-state index is 0.236. The van der Waals surface area contributed by atoms with Crippen molar-refractivity contribution in [2.24, 2.45) is 0 Å². The lowest BCUT2D eigenvalue weighted by Gasteiger charge is -2.20. The van der Waals surface area contributed by atoms with Crippen LogP contribution >= 0.6 is 0 Å². The van der Waals surface area contributed by atoms with E-state index >= 15 is 0 Å². The molecule has 0 saturated carbocycles. The van der Waals surface area contributed by atoms with Gasteiger partial charge in [0.05, 0.1) is 22.8 Å². The zero-order chi connectivity index (χ0) is 28.6. The predicted molar refractivity (Wildman–Crippen MR) is 178 cm³/mol. The van der Waals surface area contributed by atoms with Gasteiger partial charge in [0.25, 0.3) is 0 Å². The van der Waals surface area contributed by atoms with Gasteiger partial charge in [0.1, 0.15) is 0 Å². The Morgan fingerprint density at radius 2 is 0.860 bits per heavy atom. The number of allylic oxidation sites excluding steroid dienone is 8. The van der Waals surface area contributed by atoms with E-state index in [4.69, 9.17) is 0 Å². The summed E-state index contributed by atoms with van der Waals surface area (Å²) in [5.41, 5.74) is 11.9. The molecule has 0 saturated heterocycles. The van der Waals surface area contributed by atoms with Crippen molar-refractivity contribution in [2.75, 3.05) is 0 Å². The Labute approximate surface area is 252 Å². The Morgan fingerprint density at radius 1 is 0.419 bits per heavy atom. The van der Waals surface area contributed by atoms with Gasteiger partial charge in [0.15, 0.2) is 0 Å². The molecule has 2 aliphatic carbocycles. The lowest BCUT2D eigenvalue weighted by molar-refractivity contribution is 0.913. The van der Waals surface area contributed by atoms with Gasteiger partial charge in [-0.15, -0.1) is 0 Å². The zero-order valence-corrected chi connectivity index (χ0v) is 23.8. The van der Waals surface area contributed by atoms with Crippen LogP contribution in [0.3, 0.4) is 0 Å². The Hall–Kier alpha value is -5.54. The molecule has 0 radical (unpaired) electrons. The zero-order valence-electron chi connectivity index (χ0n) is 23.8. The molecule has 3 heterocycles. The molecular weight excluding hydrogens is 522 g/mol. The fourth-order valence-corrected chi connectivity index (χ4v) is 6.48. The molecule has 0 aliphatic heterocycles. The van der Waals surface area contributed by atoms with Crippen LogP contribution < -0.4 is 0 Å². The van der Waals surface area contributed by atoms with Gasteiger partial charge in [-0.2, -0.15) is 0 Å². The second-order valence-corrected chi connectivity index (χ2v) is 11.0. The maximum absolute atomic E-state index is 2.42. The molecule has 3 aromatic heterocycles. The van der Waals surface area contributed by atoms with E-state index in [9.17, 15) is 0 Å². The van der Waals surface area contributed by atoms with E-state index in [1.165, 1.54) is 17.0 Å². The third-order valence-corrected chi connectivity index (χ3v) is 8.43. The van der Waals surface area contributed by atoms with Crippen LogP contribution in [0, 0.1) is 0 Å². The standard InChI is InChI=1S/C40H31N3/c1-4-18-32(19-5-1)41-35(30-14-10-11-15-30)24-26-37(41)39-28-29-40(43(39)34-22-8-3-9-23-34)38-27-25-36(31-16-12-13-17-31)42(38)33-20-6-2-7-21-33/h1-16,18-30H,17H2. The molecule has 0 bridgehead atoms. The first-order valence-corrected chi connectivity index (χ1v) is 14.9. The average Bonchev–Trinajstić information content (AvgIpc) is 3.90. The van der Waals surface area contributed by atoms with Crippen LogP contribution in [0.15, 0.2) is 170 Å². The number of nitrogens with zero attached hydrogens (tertiary/aromatic N) is 3. The highest BCUT2D eigenvalue weighted by Gasteiger charge is 2.24. The van der Waals surface area contributed by atoms with Crippen LogP contribution in [0.1, 0.15) is 23.7 Å². The number of rotatable bonds is 7. The second kappa shape index (κ2) is 10.7. The molecule has 8 rings (SSSR count). The van der Waals surface area contributed by atoms with Gasteiger partial charge >= 0.3 is 0 Å². The third-order valence-electron chi connectivity index (χ3n) is 8.43. The van der Waals surface area contributed by atoms with E-state index < -0.39 is 0 Å². The number of para-hydroxylation sites is 3. The maximum atomic E-state index is 2.42. The summed E-state index contributed by atoms with van der Waals surface area (Å²) in [5.74, 6) is 0.236. The molecule has 0 fully saturated rings. The smallest absolute Gasteiger partial charge is 0.0704 e. The molecule has 43 heavy (non-hydrogen) atoms. The van der Waals surface area contributed by atoms with Gasteiger partial charge in [-0.3, -0.25) is 0 Å². The quantitative estimate of drug-likeness (QED) is 0.187. The van der Waals surface area contributed by atoms with E-state index in [0.29, 0.717) is 0 Å². The molecule has 3 heteroatoms. The van der Waals surface area contributed by atoms with Crippen LogP contribution in [0.5, 0.6) is 0 Å². The summed E-state index contributed by atoms with van der Waals surface area (Å²) in [4.78, 5) is 0. The van der Waals surface area contributed by atoms with Crippen LogP contribution in [0.2, 0.25) is 0 Å². The van der Waals surface area contributed by atoms with E-state index in [1.54, 1.807) is 0 Å². The van der Waals surface area contributed by atoms with Gasteiger partial charge in [-0.25, -0.2) is 0 Å². The van der Waals surface area contributed by atoms with E-state index in [1.807, 2.05) is 0 Å². The molecule has 3 aromatic carbocycles. The summed E-state index contributed by atoms with van der Waals surface area (Å²) >= 11 is 0. The summed E-state index contributed by atoms with van der Waals surface area (Å²) in [6, 6.07) is 45.8. The lowest BCUT2D eigenvalue weighted by Crippen LogP contribution is -2.08. The van der Waals surface area contributed by atoms with Gasteiger partial charge < -0.3 is 13.7 Å². The van der Waals surface area contributed by atoms with Gasteiger partial charge in [-0.1, -0.05) is 97.1 Å². The van der Waals surface area contributed by atoms with Crippen LogP contribution in [-0.2, 0) is 0 Å². The monoisotopic (exact) mass is 553 g/mol. The SMILES string of the molecule is C1=CCC(c2ccc(-c3ccc(-c4ccc(C5C=CC=C5)n4-c4ccccc4)n3-c3ccccc3)n2-c2ccccc2)=C1. The summed E-state index contributed by atoms with van der Waals surface area (Å²) in [7, 11) is 0. The highest BCUT2D eigenvalue weighted by Crippen LogP contribution is 2.39. The fraction of sp³-hybridized carbons (Fsp3) is 0.0500. The average molecular weight is 554 g/mol. The Morgan fingerprint density at radius 3 is 1.37 bits per heavy atom. The van der Waals surface area contributed by atoms with Crippen molar-refractivity contribution in [3.05, 3.63) is 181 Å². The number of hydrogen-bond donors (Lipinski definition) is 0. The predicted octanol–water partition coefficient (Wildman–Crippen LogP) is 9.95.